The highest BCUT2D eigenvalue weighted by Gasteiger charge is 2.27. The molecule has 1 aliphatic heterocycles. The number of hydrogen-bond donors (Lipinski definition) is 1. The summed E-state index contributed by atoms with van der Waals surface area (Å²) in [6, 6.07) is 0. The summed E-state index contributed by atoms with van der Waals surface area (Å²) in [5, 5.41) is 0. The van der Waals surface area contributed by atoms with Crippen molar-refractivity contribution in [3.05, 3.63) is 0 Å². The monoisotopic (exact) mass is 239 g/mol. The maximum absolute atomic E-state index is 12.0. The molecule has 1 unspecified atom stereocenters. The Morgan fingerprint density at radius 1 is 1.29 bits per heavy atom. The Morgan fingerprint density at radius 2 is 1.94 bits per heavy atom. The number of amides is 1. The normalized spacial score (nSPS) is 23.8. The number of nitrogens with zero attached hydrogens (tertiary/aromatic N) is 2. The summed E-state index contributed by atoms with van der Waals surface area (Å²) in [4.78, 5) is 16.5. The zero-order valence-electron chi connectivity index (χ0n) is 10.9. The SMILES string of the molecule is CC(CN)CC(=O)N1CCN(CC2CC2)CC1. The Morgan fingerprint density at radius 3 is 2.47 bits per heavy atom. The van der Waals surface area contributed by atoms with E-state index < -0.39 is 0 Å². The van der Waals surface area contributed by atoms with Crippen LogP contribution in [0.5, 0.6) is 0 Å². The minimum absolute atomic E-state index is 0.286. The van der Waals surface area contributed by atoms with Crippen LogP contribution in [0.3, 0.4) is 0 Å². The molecule has 1 saturated carbocycles. The summed E-state index contributed by atoms with van der Waals surface area (Å²) in [5.74, 6) is 1.55. The van der Waals surface area contributed by atoms with Gasteiger partial charge in [-0.15, -0.1) is 0 Å². The van der Waals surface area contributed by atoms with Crippen molar-refractivity contribution in [2.24, 2.45) is 17.6 Å². The van der Waals surface area contributed by atoms with Crippen molar-refractivity contribution < 1.29 is 4.79 Å². The second kappa shape index (κ2) is 5.83. The van der Waals surface area contributed by atoms with Crippen LogP contribution in [-0.2, 0) is 4.79 Å². The van der Waals surface area contributed by atoms with Gasteiger partial charge in [-0.2, -0.15) is 0 Å². The molecule has 0 spiro atoms. The number of carbonyl (C=O) groups excluding carboxylic acids is 1. The molecule has 98 valence electrons. The fourth-order valence-corrected chi connectivity index (χ4v) is 2.36. The van der Waals surface area contributed by atoms with Crippen molar-refractivity contribution in [1.82, 2.24) is 9.80 Å². The van der Waals surface area contributed by atoms with Crippen molar-refractivity contribution in [1.29, 1.82) is 0 Å². The van der Waals surface area contributed by atoms with Crippen LogP contribution in [-0.4, -0.2) is 55.0 Å². The number of carbonyl (C=O) groups is 1. The standard InChI is InChI=1S/C13H25N3O/c1-11(9-14)8-13(17)16-6-4-15(5-7-16)10-12-2-3-12/h11-12H,2-10,14H2,1H3. The van der Waals surface area contributed by atoms with Crippen LogP contribution in [0.15, 0.2) is 0 Å². The fourth-order valence-electron chi connectivity index (χ4n) is 2.36. The van der Waals surface area contributed by atoms with Crippen LogP contribution in [0.4, 0.5) is 0 Å². The highest BCUT2D eigenvalue weighted by atomic mass is 16.2. The molecule has 2 rings (SSSR count). The average molecular weight is 239 g/mol. The lowest BCUT2D eigenvalue weighted by Gasteiger charge is -2.35. The Labute approximate surface area is 104 Å². The van der Waals surface area contributed by atoms with Gasteiger partial charge in [0.25, 0.3) is 0 Å². The molecule has 0 radical (unpaired) electrons. The molecule has 4 nitrogen and oxygen atoms in total. The first-order valence-corrected chi connectivity index (χ1v) is 6.89. The van der Waals surface area contributed by atoms with E-state index in [9.17, 15) is 4.79 Å². The lowest BCUT2D eigenvalue weighted by molar-refractivity contribution is -0.133. The first-order chi connectivity index (χ1) is 8.19. The maximum Gasteiger partial charge on any atom is 0.222 e. The van der Waals surface area contributed by atoms with Gasteiger partial charge in [-0.25, -0.2) is 0 Å². The smallest absolute Gasteiger partial charge is 0.222 e. The van der Waals surface area contributed by atoms with E-state index in [1.165, 1.54) is 19.4 Å². The minimum atomic E-state index is 0.286. The number of hydrogen-bond acceptors (Lipinski definition) is 3. The van der Waals surface area contributed by atoms with Gasteiger partial charge < -0.3 is 10.6 Å². The molecular formula is C13H25N3O. The van der Waals surface area contributed by atoms with E-state index in [0.717, 1.165) is 32.1 Å². The van der Waals surface area contributed by atoms with E-state index in [1.807, 2.05) is 11.8 Å². The largest absolute Gasteiger partial charge is 0.340 e. The molecule has 0 aromatic carbocycles. The van der Waals surface area contributed by atoms with Gasteiger partial charge in [0, 0.05) is 39.1 Å². The van der Waals surface area contributed by atoms with Crippen LogP contribution in [0.25, 0.3) is 0 Å². The number of nitrogens with two attached hydrogens (primary N) is 1. The number of rotatable bonds is 5. The summed E-state index contributed by atoms with van der Waals surface area (Å²) in [6.45, 7) is 7.82. The second-order valence-electron chi connectivity index (χ2n) is 5.67. The Kier molecular flexibility index (Phi) is 4.40. The van der Waals surface area contributed by atoms with E-state index >= 15 is 0 Å². The van der Waals surface area contributed by atoms with E-state index in [2.05, 4.69) is 4.90 Å². The molecule has 1 heterocycles. The average Bonchev–Trinajstić information content (AvgIpc) is 3.13. The topological polar surface area (TPSA) is 49.6 Å². The third kappa shape index (κ3) is 3.96. The molecule has 1 amide bonds. The van der Waals surface area contributed by atoms with Crippen LogP contribution in [0.2, 0.25) is 0 Å². The fraction of sp³-hybridized carbons (Fsp3) is 0.923. The van der Waals surface area contributed by atoms with Gasteiger partial charge in [-0.3, -0.25) is 9.69 Å². The Bertz CT molecular complexity index is 257. The molecule has 0 aromatic rings. The van der Waals surface area contributed by atoms with Crippen LogP contribution >= 0.6 is 0 Å². The van der Waals surface area contributed by atoms with Gasteiger partial charge in [0.05, 0.1) is 0 Å². The van der Waals surface area contributed by atoms with Gasteiger partial charge in [-0.1, -0.05) is 6.92 Å². The molecule has 1 atom stereocenters. The van der Waals surface area contributed by atoms with Gasteiger partial charge >= 0.3 is 0 Å². The molecule has 2 aliphatic rings. The molecular weight excluding hydrogens is 214 g/mol. The van der Waals surface area contributed by atoms with Gasteiger partial charge in [0.1, 0.15) is 0 Å². The highest BCUT2D eigenvalue weighted by molar-refractivity contribution is 5.76. The van der Waals surface area contributed by atoms with E-state index in [0.29, 0.717) is 18.9 Å². The lowest BCUT2D eigenvalue weighted by Crippen LogP contribution is -2.49. The molecule has 0 bridgehead atoms. The van der Waals surface area contributed by atoms with Crippen molar-refractivity contribution in [3.63, 3.8) is 0 Å². The third-order valence-corrected chi connectivity index (χ3v) is 3.86. The van der Waals surface area contributed by atoms with Gasteiger partial charge in [0.2, 0.25) is 5.91 Å². The van der Waals surface area contributed by atoms with Gasteiger partial charge in [-0.05, 0) is 31.2 Å². The summed E-state index contributed by atoms with van der Waals surface area (Å²) >= 11 is 0. The van der Waals surface area contributed by atoms with Crippen molar-refractivity contribution >= 4 is 5.91 Å². The minimum Gasteiger partial charge on any atom is -0.340 e. The number of piperazine rings is 1. The van der Waals surface area contributed by atoms with Crippen LogP contribution in [0.1, 0.15) is 26.2 Å². The zero-order valence-corrected chi connectivity index (χ0v) is 10.9. The zero-order chi connectivity index (χ0) is 12.3. The lowest BCUT2D eigenvalue weighted by atomic mass is 10.1. The van der Waals surface area contributed by atoms with Crippen molar-refractivity contribution in [3.8, 4) is 0 Å². The van der Waals surface area contributed by atoms with Crippen LogP contribution < -0.4 is 5.73 Å². The van der Waals surface area contributed by atoms with E-state index in [-0.39, 0.29) is 5.91 Å². The van der Waals surface area contributed by atoms with Crippen molar-refractivity contribution in [2.45, 2.75) is 26.2 Å². The Balaban J connectivity index is 1.68. The van der Waals surface area contributed by atoms with E-state index in [1.54, 1.807) is 0 Å². The van der Waals surface area contributed by atoms with Crippen LogP contribution in [0, 0.1) is 11.8 Å². The van der Waals surface area contributed by atoms with E-state index in [4.69, 9.17) is 5.73 Å². The van der Waals surface area contributed by atoms with Gasteiger partial charge in [0.15, 0.2) is 0 Å². The summed E-state index contributed by atoms with van der Waals surface area (Å²) in [6.07, 6.45) is 3.43. The first kappa shape index (κ1) is 12.8. The third-order valence-electron chi connectivity index (χ3n) is 3.86. The predicted molar refractivity (Wildman–Crippen MR) is 68.6 cm³/mol. The van der Waals surface area contributed by atoms with Crippen molar-refractivity contribution in [2.75, 3.05) is 39.3 Å². The Hall–Kier alpha value is -0.610. The summed E-state index contributed by atoms with van der Waals surface area (Å²) in [5.41, 5.74) is 5.55. The highest BCUT2D eigenvalue weighted by Crippen LogP contribution is 2.29. The predicted octanol–water partition coefficient (Wildman–Crippen LogP) is 0.526. The molecule has 2 fully saturated rings. The molecule has 0 aromatic heterocycles. The maximum atomic E-state index is 12.0. The summed E-state index contributed by atoms with van der Waals surface area (Å²) in [7, 11) is 0. The molecule has 2 N–H and O–H groups in total. The summed E-state index contributed by atoms with van der Waals surface area (Å²) < 4.78 is 0. The second-order valence-corrected chi connectivity index (χ2v) is 5.67. The quantitative estimate of drug-likeness (QED) is 0.761. The first-order valence-electron chi connectivity index (χ1n) is 6.89. The molecule has 1 aliphatic carbocycles. The molecule has 17 heavy (non-hydrogen) atoms. The molecule has 4 heteroatoms. The molecule has 1 saturated heterocycles.